The van der Waals surface area contributed by atoms with Gasteiger partial charge in [0.25, 0.3) is 5.91 Å². The van der Waals surface area contributed by atoms with Gasteiger partial charge < -0.3 is 10.2 Å². The predicted octanol–water partition coefficient (Wildman–Crippen LogP) is 5.46. The van der Waals surface area contributed by atoms with Crippen molar-refractivity contribution in [2.75, 3.05) is 11.9 Å². The lowest BCUT2D eigenvalue weighted by atomic mass is 10.1. The largest absolute Gasteiger partial charge is 0.348 e. The summed E-state index contributed by atoms with van der Waals surface area (Å²) in [4.78, 5) is 24.4. The minimum atomic E-state index is -0.210. The fourth-order valence-corrected chi connectivity index (χ4v) is 3.48. The minimum absolute atomic E-state index is 0.210. The van der Waals surface area contributed by atoms with E-state index in [1.54, 1.807) is 6.20 Å². The minimum Gasteiger partial charge on any atom is -0.348 e. The van der Waals surface area contributed by atoms with Crippen LogP contribution in [-0.4, -0.2) is 22.9 Å². The van der Waals surface area contributed by atoms with E-state index in [0.29, 0.717) is 23.8 Å². The number of carbonyl (C=O) groups excluding carboxylic acids is 1. The number of aryl methyl sites for hydroxylation is 2. The van der Waals surface area contributed by atoms with Crippen LogP contribution in [0.3, 0.4) is 0 Å². The van der Waals surface area contributed by atoms with Crippen LogP contribution in [0.5, 0.6) is 0 Å². The van der Waals surface area contributed by atoms with Gasteiger partial charge in [-0.25, -0.2) is 9.97 Å². The van der Waals surface area contributed by atoms with Crippen molar-refractivity contribution in [1.29, 1.82) is 0 Å². The molecule has 5 nitrogen and oxygen atoms in total. The van der Waals surface area contributed by atoms with Crippen LogP contribution in [0.15, 0.2) is 85.1 Å². The number of aromatic nitrogens is 2. The number of amides is 1. The number of rotatable bonds is 6. The quantitative estimate of drug-likeness (QED) is 0.448. The lowest BCUT2D eigenvalue weighted by Crippen LogP contribution is -2.26. The Bertz CT molecular complexity index is 1220. The Morgan fingerprint density at radius 2 is 1.66 bits per heavy atom. The molecule has 1 heterocycles. The van der Waals surface area contributed by atoms with Crippen LogP contribution in [0.25, 0.3) is 11.4 Å². The molecule has 5 heteroatoms. The third kappa shape index (κ3) is 4.83. The molecule has 0 bridgehead atoms. The number of hydrogen-bond donors (Lipinski definition) is 1. The van der Waals surface area contributed by atoms with Gasteiger partial charge in [0.05, 0.1) is 0 Å². The Labute approximate surface area is 188 Å². The normalized spacial score (nSPS) is 10.6. The van der Waals surface area contributed by atoms with Crippen LogP contribution in [0.1, 0.15) is 27.0 Å². The summed E-state index contributed by atoms with van der Waals surface area (Å²) < 4.78 is 0. The maximum Gasteiger partial charge on any atom is 0.256 e. The Morgan fingerprint density at radius 3 is 2.38 bits per heavy atom. The molecule has 0 aliphatic carbocycles. The fraction of sp³-hybridized carbons (Fsp3) is 0.148. The number of benzene rings is 3. The van der Waals surface area contributed by atoms with E-state index >= 15 is 0 Å². The summed E-state index contributed by atoms with van der Waals surface area (Å²) >= 11 is 0. The summed E-state index contributed by atoms with van der Waals surface area (Å²) in [5, 5.41) is 2.99. The molecule has 0 saturated heterocycles. The molecule has 1 amide bonds. The second kappa shape index (κ2) is 9.43. The molecule has 0 atom stereocenters. The van der Waals surface area contributed by atoms with E-state index < -0.39 is 0 Å². The van der Waals surface area contributed by atoms with Crippen molar-refractivity contribution in [1.82, 2.24) is 15.3 Å². The topological polar surface area (TPSA) is 58.1 Å². The first-order valence-electron chi connectivity index (χ1n) is 10.6. The van der Waals surface area contributed by atoms with E-state index in [2.05, 4.69) is 10.3 Å². The zero-order valence-electron chi connectivity index (χ0n) is 18.5. The Morgan fingerprint density at radius 1 is 0.906 bits per heavy atom. The smallest absolute Gasteiger partial charge is 0.256 e. The first kappa shape index (κ1) is 21.2. The van der Waals surface area contributed by atoms with Crippen LogP contribution >= 0.6 is 0 Å². The number of carbonyl (C=O) groups is 1. The third-order valence-corrected chi connectivity index (χ3v) is 5.32. The van der Waals surface area contributed by atoms with Gasteiger partial charge in [-0.2, -0.15) is 0 Å². The molecular formula is C27H26N4O. The lowest BCUT2D eigenvalue weighted by Gasteiger charge is -2.22. The van der Waals surface area contributed by atoms with Gasteiger partial charge >= 0.3 is 0 Å². The molecule has 1 aromatic heterocycles. The van der Waals surface area contributed by atoms with E-state index in [-0.39, 0.29) is 5.91 Å². The average Bonchev–Trinajstić information content (AvgIpc) is 2.83. The van der Waals surface area contributed by atoms with Crippen molar-refractivity contribution in [2.45, 2.75) is 20.4 Å². The molecular weight excluding hydrogens is 396 g/mol. The maximum absolute atomic E-state index is 13.1. The van der Waals surface area contributed by atoms with Crippen LogP contribution in [0.4, 0.5) is 11.5 Å². The molecule has 0 fully saturated rings. The van der Waals surface area contributed by atoms with Crippen LogP contribution in [0.2, 0.25) is 0 Å². The van der Waals surface area contributed by atoms with Gasteiger partial charge in [-0.15, -0.1) is 0 Å². The molecule has 4 rings (SSSR count). The second-order valence-corrected chi connectivity index (χ2v) is 7.86. The van der Waals surface area contributed by atoms with E-state index in [1.807, 2.05) is 105 Å². The summed E-state index contributed by atoms with van der Waals surface area (Å²) in [6, 6.07) is 26.0. The summed E-state index contributed by atoms with van der Waals surface area (Å²) in [6.45, 7) is 4.52. The standard InChI is InChI=1S/C27H26N4O/c1-19-12-14-23(15-13-19)31(3)26-24(27(32)29-17-21-9-5-4-6-10-21)18-28-25(30-26)22-11-7-8-20(2)16-22/h4-16,18H,17H2,1-3H3,(H,29,32). The number of anilines is 2. The second-order valence-electron chi connectivity index (χ2n) is 7.86. The highest BCUT2D eigenvalue weighted by molar-refractivity contribution is 5.99. The summed E-state index contributed by atoms with van der Waals surface area (Å²) in [5.74, 6) is 0.937. The first-order chi connectivity index (χ1) is 15.5. The zero-order valence-corrected chi connectivity index (χ0v) is 18.5. The third-order valence-electron chi connectivity index (χ3n) is 5.32. The van der Waals surface area contributed by atoms with Crippen molar-refractivity contribution in [3.8, 4) is 11.4 Å². The van der Waals surface area contributed by atoms with Crippen molar-refractivity contribution in [2.24, 2.45) is 0 Å². The summed E-state index contributed by atoms with van der Waals surface area (Å²) in [6.07, 6.45) is 1.62. The van der Waals surface area contributed by atoms with Gasteiger partial charge in [-0.05, 0) is 37.6 Å². The Balaban J connectivity index is 1.71. The number of nitrogens with one attached hydrogen (secondary N) is 1. The molecule has 0 saturated carbocycles. The molecule has 32 heavy (non-hydrogen) atoms. The van der Waals surface area contributed by atoms with Crippen LogP contribution < -0.4 is 10.2 Å². The first-order valence-corrected chi connectivity index (χ1v) is 10.6. The highest BCUT2D eigenvalue weighted by Crippen LogP contribution is 2.28. The van der Waals surface area contributed by atoms with Crippen molar-refractivity contribution in [3.63, 3.8) is 0 Å². The SMILES string of the molecule is Cc1ccc(N(C)c2nc(-c3cccc(C)c3)ncc2C(=O)NCc2ccccc2)cc1. The molecule has 0 unspecified atom stereocenters. The van der Waals surface area contributed by atoms with Gasteiger partial charge in [-0.1, -0.05) is 71.8 Å². The monoisotopic (exact) mass is 422 g/mol. The molecule has 4 aromatic rings. The van der Waals surface area contributed by atoms with Gasteiger partial charge in [-0.3, -0.25) is 4.79 Å². The van der Waals surface area contributed by atoms with Gasteiger partial charge in [0, 0.05) is 31.0 Å². The average molecular weight is 423 g/mol. The van der Waals surface area contributed by atoms with Crippen molar-refractivity contribution in [3.05, 3.63) is 107 Å². The van der Waals surface area contributed by atoms with E-state index in [1.165, 1.54) is 5.56 Å². The summed E-state index contributed by atoms with van der Waals surface area (Å²) in [5.41, 5.74) is 5.63. The molecule has 0 aliphatic rings. The summed E-state index contributed by atoms with van der Waals surface area (Å²) in [7, 11) is 1.92. The van der Waals surface area contributed by atoms with E-state index in [9.17, 15) is 4.79 Å². The molecule has 0 radical (unpaired) electrons. The fourth-order valence-electron chi connectivity index (χ4n) is 3.48. The molecule has 0 aliphatic heterocycles. The molecule has 3 aromatic carbocycles. The van der Waals surface area contributed by atoms with E-state index in [4.69, 9.17) is 4.98 Å². The van der Waals surface area contributed by atoms with Crippen molar-refractivity contribution >= 4 is 17.4 Å². The molecule has 1 N–H and O–H groups in total. The van der Waals surface area contributed by atoms with Crippen LogP contribution in [0, 0.1) is 13.8 Å². The zero-order chi connectivity index (χ0) is 22.5. The molecule has 160 valence electrons. The highest BCUT2D eigenvalue weighted by atomic mass is 16.1. The Kier molecular flexibility index (Phi) is 6.26. The highest BCUT2D eigenvalue weighted by Gasteiger charge is 2.19. The number of hydrogen-bond acceptors (Lipinski definition) is 4. The van der Waals surface area contributed by atoms with Crippen LogP contribution in [-0.2, 0) is 6.54 Å². The molecule has 0 spiro atoms. The van der Waals surface area contributed by atoms with E-state index in [0.717, 1.165) is 22.4 Å². The van der Waals surface area contributed by atoms with Gasteiger partial charge in [0.1, 0.15) is 11.4 Å². The lowest BCUT2D eigenvalue weighted by molar-refractivity contribution is 0.0951. The van der Waals surface area contributed by atoms with Gasteiger partial charge in [0.15, 0.2) is 5.82 Å². The van der Waals surface area contributed by atoms with Gasteiger partial charge in [0.2, 0.25) is 0 Å². The maximum atomic E-state index is 13.1. The predicted molar refractivity (Wildman–Crippen MR) is 129 cm³/mol. The number of nitrogens with zero attached hydrogens (tertiary/aromatic N) is 3. The van der Waals surface area contributed by atoms with Crippen molar-refractivity contribution < 1.29 is 4.79 Å². The Hall–Kier alpha value is -3.99.